The van der Waals surface area contributed by atoms with Crippen LogP contribution in [0.25, 0.3) is 17.0 Å². The van der Waals surface area contributed by atoms with E-state index >= 15 is 0 Å². The van der Waals surface area contributed by atoms with E-state index in [1.165, 1.54) is 16.7 Å². The number of benzene rings is 1. The zero-order valence-corrected chi connectivity index (χ0v) is 15.3. The third kappa shape index (κ3) is 3.64. The molecule has 0 radical (unpaired) electrons. The number of fused-ring (bicyclic) bond motifs is 1. The minimum Gasteiger partial charge on any atom is -0.481 e. The molecule has 8 heteroatoms. The Balaban J connectivity index is 1.93. The predicted octanol–water partition coefficient (Wildman–Crippen LogP) is 3.23. The Hall–Kier alpha value is -2.63. The van der Waals surface area contributed by atoms with Crippen LogP contribution in [0.4, 0.5) is 0 Å². The van der Waals surface area contributed by atoms with E-state index in [0.717, 1.165) is 16.5 Å². The first-order valence-corrected chi connectivity index (χ1v) is 9.15. The highest BCUT2D eigenvalue weighted by Gasteiger charge is 2.32. The average Bonchev–Trinajstić information content (AvgIpc) is 3.09. The molecule has 0 atom stereocenters. The molecule has 1 aliphatic rings. The minimum atomic E-state index is -0.969. The highest BCUT2D eigenvalue weighted by Crippen LogP contribution is 2.34. The van der Waals surface area contributed by atoms with E-state index in [-0.39, 0.29) is 18.9 Å². The Morgan fingerprint density at radius 2 is 2.12 bits per heavy atom. The molecule has 1 N–H and O–H groups in total. The topological polar surface area (TPSA) is 86.3 Å². The number of hydrogen-bond acceptors (Lipinski definition) is 5. The summed E-state index contributed by atoms with van der Waals surface area (Å²) in [7, 11) is 0. The lowest BCUT2D eigenvalue weighted by molar-refractivity contribution is -0.137. The standard InChI is InChI=1S/C18H15N3O3S2/c19-7-3-8-20-11-12(13-4-1-2-5-14(13)20)10-15-17(24)21(18(25)26-15)9-6-16(22)23/h1-2,4-5,10-11H,3,6,8-9H2,(H,22,23)/b15-10+. The van der Waals surface area contributed by atoms with Gasteiger partial charge in [0.1, 0.15) is 4.32 Å². The van der Waals surface area contributed by atoms with Crippen molar-refractivity contribution in [3.63, 3.8) is 0 Å². The van der Waals surface area contributed by atoms with Crippen LogP contribution >= 0.6 is 24.0 Å². The number of nitriles is 1. The number of carboxylic acids is 1. The molecule has 1 fully saturated rings. The molecule has 2 aromatic rings. The molecule has 1 aromatic heterocycles. The summed E-state index contributed by atoms with van der Waals surface area (Å²) < 4.78 is 2.37. The van der Waals surface area contributed by atoms with Crippen LogP contribution in [0.3, 0.4) is 0 Å². The van der Waals surface area contributed by atoms with E-state index in [4.69, 9.17) is 22.6 Å². The molecule has 1 aromatic carbocycles. The quantitative estimate of drug-likeness (QED) is 0.607. The summed E-state index contributed by atoms with van der Waals surface area (Å²) in [6, 6.07) is 9.93. The molecule has 1 aliphatic heterocycles. The zero-order chi connectivity index (χ0) is 18.7. The van der Waals surface area contributed by atoms with Crippen molar-refractivity contribution in [2.45, 2.75) is 19.4 Å². The maximum Gasteiger partial charge on any atom is 0.305 e. The summed E-state index contributed by atoms with van der Waals surface area (Å²) in [5.41, 5.74) is 1.87. The zero-order valence-electron chi connectivity index (χ0n) is 13.7. The van der Waals surface area contributed by atoms with Gasteiger partial charge in [0.2, 0.25) is 0 Å². The minimum absolute atomic E-state index is 0.0707. The smallest absolute Gasteiger partial charge is 0.305 e. The molecule has 132 valence electrons. The molecule has 2 heterocycles. The fourth-order valence-electron chi connectivity index (χ4n) is 2.79. The summed E-state index contributed by atoms with van der Waals surface area (Å²) in [6.07, 6.45) is 3.96. The molecule has 3 rings (SSSR count). The van der Waals surface area contributed by atoms with Gasteiger partial charge in [-0.15, -0.1) is 0 Å². The van der Waals surface area contributed by atoms with Gasteiger partial charge in [-0.1, -0.05) is 42.2 Å². The number of aromatic nitrogens is 1. The van der Waals surface area contributed by atoms with Crippen molar-refractivity contribution in [3.05, 3.63) is 40.9 Å². The maximum absolute atomic E-state index is 12.6. The first-order chi connectivity index (χ1) is 12.5. The number of thioether (sulfide) groups is 1. The van der Waals surface area contributed by atoms with E-state index in [0.29, 0.717) is 22.2 Å². The molecule has 6 nitrogen and oxygen atoms in total. The molecule has 0 bridgehead atoms. The Morgan fingerprint density at radius 1 is 1.35 bits per heavy atom. The van der Waals surface area contributed by atoms with Gasteiger partial charge in [-0.25, -0.2) is 0 Å². The van der Waals surface area contributed by atoms with Crippen molar-refractivity contribution in [2.75, 3.05) is 6.54 Å². The highest BCUT2D eigenvalue weighted by atomic mass is 32.2. The van der Waals surface area contributed by atoms with Crippen LogP contribution in [-0.4, -0.2) is 37.3 Å². The normalized spacial score (nSPS) is 15.8. The van der Waals surface area contributed by atoms with Gasteiger partial charge < -0.3 is 9.67 Å². The van der Waals surface area contributed by atoms with E-state index in [9.17, 15) is 9.59 Å². The second-order valence-electron chi connectivity index (χ2n) is 5.68. The van der Waals surface area contributed by atoms with Gasteiger partial charge in [0.15, 0.2) is 0 Å². The van der Waals surface area contributed by atoms with Crippen LogP contribution < -0.4 is 0 Å². The van der Waals surface area contributed by atoms with Crippen LogP contribution in [0.15, 0.2) is 35.4 Å². The van der Waals surface area contributed by atoms with Gasteiger partial charge >= 0.3 is 5.97 Å². The van der Waals surface area contributed by atoms with Crippen molar-refractivity contribution < 1.29 is 14.7 Å². The number of carboxylic acid groups (broad SMARTS) is 1. The fraction of sp³-hybridized carbons (Fsp3) is 0.222. The Bertz CT molecular complexity index is 972. The molecule has 0 spiro atoms. The average molecular weight is 385 g/mol. The molecule has 1 amide bonds. The summed E-state index contributed by atoms with van der Waals surface area (Å²) in [5, 5.41) is 18.6. The van der Waals surface area contributed by atoms with Crippen molar-refractivity contribution in [2.24, 2.45) is 0 Å². The van der Waals surface area contributed by atoms with Crippen LogP contribution in [0, 0.1) is 11.3 Å². The lowest BCUT2D eigenvalue weighted by atomic mass is 10.1. The highest BCUT2D eigenvalue weighted by molar-refractivity contribution is 8.26. The van der Waals surface area contributed by atoms with Crippen molar-refractivity contribution in [1.82, 2.24) is 9.47 Å². The molecule has 0 unspecified atom stereocenters. The number of amides is 1. The second kappa shape index (κ2) is 7.72. The number of nitrogens with zero attached hydrogens (tertiary/aromatic N) is 3. The van der Waals surface area contributed by atoms with Gasteiger partial charge in [0.05, 0.1) is 23.8 Å². The van der Waals surface area contributed by atoms with Crippen LogP contribution in [-0.2, 0) is 16.1 Å². The Kier molecular flexibility index (Phi) is 5.40. The SMILES string of the molecule is N#CCCn1cc(/C=C2/SC(=S)N(CCC(=O)O)C2=O)c2ccccc21. The maximum atomic E-state index is 12.6. The number of rotatable bonds is 6. The number of carbonyl (C=O) groups excluding carboxylic acids is 1. The van der Waals surface area contributed by atoms with E-state index in [2.05, 4.69) is 6.07 Å². The number of aliphatic carboxylic acids is 1. The van der Waals surface area contributed by atoms with Gasteiger partial charge in [-0.2, -0.15) is 5.26 Å². The number of hydrogen-bond donors (Lipinski definition) is 1. The lowest BCUT2D eigenvalue weighted by Crippen LogP contribution is -2.30. The summed E-state index contributed by atoms with van der Waals surface area (Å²) in [5.74, 6) is -1.24. The molecule has 1 saturated heterocycles. The summed E-state index contributed by atoms with van der Waals surface area (Å²) >= 11 is 6.39. The van der Waals surface area contributed by atoms with E-state index in [1.54, 1.807) is 6.08 Å². The van der Waals surface area contributed by atoms with Gasteiger partial charge in [0, 0.05) is 35.8 Å². The Labute approximate surface area is 159 Å². The van der Waals surface area contributed by atoms with Crippen LogP contribution in [0.2, 0.25) is 0 Å². The molecule has 26 heavy (non-hydrogen) atoms. The monoisotopic (exact) mass is 385 g/mol. The number of thiocarbonyl (C=S) groups is 1. The molecule has 0 saturated carbocycles. The molecule has 0 aliphatic carbocycles. The van der Waals surface area contributed by atoms with Crippen molar-refractivity contribution >= 4 is 57.2 Å². The van der Waals surface area contributed by atoms with Crippen molar-refractivity contribution in [3.8, 4) is 6.07 Å². The molecular formula is C18H15N3O3S2. The summed E-state index contributed by atoms with van der Waals surface area (Å²) in [6.45, 7) is 0.645. The number of carbonyl (C=O) groups is 2. The van der Waals surface area contributed by atoms with Crippen LogP contribution in [0.1, 0.15) is 18.4 Å². The second-order valence-corrected chi connectivity index (χ2v) is 7.36. The first-order valence-electron chi connectivity index (χ1n) is 7.93. The van der Waals surface area contributed by atoms with Gasteiger partial charge in [-0.3, -0.25) is 14.5 Å². The lowest BCUT2D eigenvalue weighted by Gasteiger charge is -2.12. The third-order valence-electron chi connectivity index (χ3n) is 3.99. The Morgan fingerprint density at radius 3 is 2.85 bits per heavy atom. The number of para-hydroxylation sites is 1. The predicted molar refractivity (Wildman–Crippen MR) is 104 cm³/mol. The van der Waals surface area contributed by atoms with E-state index < -0.39 is 5.97 Å². The third-order valence-corrected chi connectivity index (χ3v) is 5.37. The van der Waals surface area contributed by atoms with Crippen molar-refractivity contribution in [1.29, 1.82) is 5.26 Å². The fourth-order valence-corrected chi connectivity index (χ4v) is 4.09. The number of aryl methyl sites for hydroxylation is 1. The van der Waals surface area contributed by atoms with Gasteiger partial charge in [-0.05, 0) is 12.1 Å². The largest absolute Gasteiger partial charge is 0.481 e. The van der Waals surface area contributed by atoms with E-state index in [1.807, 2.05) is 35.0 Å². The van der Waals surface area contributed by atoms with Crippen LogP contribution in [0.5, 0.6) is 0 Å². The van der Waals surface area contributed by atoms with Gasteiger partial charge in [0.25, 0.3) is 5.91 Å². The first kappa shape index (κ1) is 18.2. The summed E-state index contributed by atoms with van der Waals surface area (Å²) in [4.78, 5) is 25.1. The molecular weight excluding hydrogens is 370 g/mol.